The van der Waals surface area contributed by atoms with Crippen molar-refractivity contribution in [3.63, 3.8) is 0 Å². The maximum atomic E-state index is 13.1. The molecule has 0 unspecified atom stereocenters. The number of thiophene rings is 1. The lowest BCUT2D eigenvalue weighted by molar-refractivity contribution is -0.132. The van der Waals surface area contributed by atoms with Crippen LogP contribution in [0.2, 0.25) is 0 Å². The fourth-order valence-electron chi connectivity index (χ4n) is 4.51. The Kier molecular flexibility index (Phi) is 7.34. The summed E-state index contributed by atoms with van der Waals surface area (Å²) in [5, 5.41) is 10.7. The summed E-state index contributed by atoms with van der Waals surface area (Å²) < 4.78 is 5.74. The Bertz CT molecular complexity index is 1110. The summed E-state index contributed by atoms with van der Waals surface area (Å²) in [5.74, 6) is 0.680. The average molecular weight is 492 g/mol. The molecule has 2 fully saturated rings. The summed E-state index contributed by atoms with van der Waals surface area (Å²) in [6.45, 7) is 3.76. The summed E-state index contributed by atoms with van der Waals surface area (Å²) >= 11 is 1.40. The van der Waals surface area contributed by atoms with Gasteiger partial charge in [0.2, 0.25) is 5.91 Å². The van der Waals surface area contributed by atoms with Crippen LogP contribution in [0.4, 0.5) is 5.82 Å². The van der Waals surface area contributed by atoms with Gasteiger partial charge in [-0.2, -0.15) is 0 Å². The first-order valence-electron chi connectivity index (χ1n) is 12.0. The minimum absolute atomic E-state index is 0.000918. The van der Waals surface area contributed by atoms with E-state index in [4.69, 9.17) is 4.74 Å². The van der Waals surface area contributed by atoms with E-state index >= 15 is 0 Å². The molecule has 1 atom stereocenters. The van der Waals surface area contributed by atoms with Crippen LogP contribution in [0.3, 0.4) is 0 Å². The molecule has 2 amide bonds. The Hall–Kier alpha value is -3.30. The standard InChI is InChI=1S/C26H29N5O3S/c32-25(19-31(18-21-8-4-16-34-21)26(33)23-9-5-17-35-23)30-14-12-29(13-15-30)24-11-10-22(27-28-24)20-6-2-1-3-7-20/h1-3,5-7,9-11,17,21H,4,8,12-16,18-19H2/t21-/m0/s1. The van der Waals surface area contributed by atoms with E-state index in [1.54, 1.807) is 4.90 Å². The highest BCUT2D eigenvalue weighted by Gasteiger charge is 2.29. The third-order valence-corrected chi connectivity index (χ3v) is 7.33. The first kappa shape index (κ1) is 23.4. The van der Waals surface area contributed by atoms with Crippen LogP contribution in [-0.4, -0.2) is 83.8 Å². The van der Waals surface area contributed by atoms with E-state index in [0.29, 0.717) is 37.6 Å². The lowest BCUT2D eigenvalue weighted by Crippen LogP contribution is -2.52. The van der Waals surface area contributed by atoms with Crippen LogP contribution in [-0.2, 0) is 9.53 Å². The third-order valence-electron chi connectivity index (χ3n) is 6.47. The second kappa shape index (κ2) is 11.0. The molecule has 35 heavy (non-hydrogen) atoms. The fraction of sp³-hybridized carbons (Fsp3) is 0.385. The number of amides is 2. The van der Waals surface area contributed by atoms with Gasteiger partial charge in [-0.05, 0) is 36.4 Å². The predicted molar refractivity (Wildman–Crippen MR) is 135 cm³/mol. The Labute approximate surface area is 209 Å². The maximum absolute atomic E-state index is 13.1. The number of hydrogen-bond donors (Lipinski definition) is 0. The number of piperazine rings is 1. The zero-order valence-electron chi connectivity index (χ0n) is 19.6. The number of ether oxygens (including phenoxy) is 1. The van der Waals surface area contributed by atoms with Gasteiger partial charge in [0.1, 0.15) is 6.54 Å². The molecule has 4 heterocycles. The second-order valence-corrected chi connectivity index (χ2v) is 9.76. The smallest absolute Gasteiger partial charge is 0.264 e. The van der Waals surface area contributed by atoms with E-state index < -0.39 is 0 Å². The molecule has 1 aromatic carbocycles. The van der Waals surface area contributed by atoms with Crippen LogP contribution in [0, 0.1) is 0 Å². The first-order valence-corrected chi connectivity index (χ1v) is 12.9. The Morgan fingerprint density at radius 2 is 1.83 bits per heavy atom. The summed E-state index contributed by atoms with van der Waals surface area (Å²) in [6.07, 6.45) is 1.92. The lowest BCUT2D eigenvalue weighted by Gasteiger charge is -2.36. The number of rotatable bonds is 7. The molecule has 2 saturated heterocycles. The molecule has 3 aromatic rings. The number of nitrogens with zero attached hydrogens (tertiary/aromatic N) is 5. The van der Waals surface area contributed by atoms with Crippen molar-refractivity contribution in [2.75, 3.05) is 50.8 Å². The number of benzene rings is 1. The van der Waals surface area contributed by atoms with Gasteiger partial charge in [0.15, 0.2) is 5.82 Å². The van der Waals surface area contributed by atoms with Crippen LogP contribution < -0.4 is 4.90 Å². The van der Waals surface area contributed by atoms with Gasteiger partial charge in [0, 0.05) is 44.9 Å². The molecule has 2 aromatic heterocycles. The minimum atomic E-state index is -0.101. The largest absolute Gasteiger partial charge is 0.376 e. The Balaban J connectivity index is 1.18. The second-order valence-electron chi connectivity index (χ2n) is 8.81. The van der Waals surface area contributed by atoms with Crippen molar-refractivity contribution in [3.8, 4) is 11.3 Å². The SMILES string of the molecule is O=C(CN(C[C@@H]1CCCO1)C(=O)c1cccs1)N1CCN(c2ccc(-c3ccccc3)nn2)CC1. The molecule has 2 aliphatic rings. The topological polar surface area (TPSA) is 78.9 Å². The highest BCUT2D eigenvalue weighted by molar-refractivity contribution is 7.12. The fourth-order valence-corrected chi connectivity index (χ4v) is 5.21. The highest BCUT2D eigenvalue weighted by atomic mass is 32.1. The molecule has 8 nitrogen and oxygen atoms in total. The van der Waals surface area contributed by atoms with E-state index in [1.807, 2.05) is 64.9 Å². The summed E-state index contributed by atoms with van der Waals surface area (Å²) in [4.78, 5) is 32.5. The van der Waals surface area contributed by atoms with E-state index in [1.165, 1.54) is 11.3 Å². The van der Waals surface area contributed by atoms with Gasteiger partial charge >= 0.3 is 0 Å². The van der Waals surface area contributed by atoms with Crippen molar-refractivity contribution in [1.29, 1.82) is 0 Å². The average Bonchev–Trinajstić information content (AvgIpc) is 3.64. The molecule has 0 radical (unpaired) electrons. The molecular weight excluding hydrogens is 462 g/mol. The Morgan fingerprint density at radius 3 is 2.49 bits per heavy atom. The predicted octanol–water partition coefficient (Wildman–Crippen LogP) is 3.18. The van der Waals surface area contributed by atoms with E-state index in [2.05, 4.69) is 15.1 Å². The van der Waals surface area contributed by atoms with Crippen molar-refractivity contribution in [2.24, 2.45) is 0 Å². The Morgan fingerprint density at radius 1 is 1.00 bits per heavy atom. The summed E-state index contributed by atoms with van der Waals surface area (Å²) in [5.41, 5.74) is 1.87. The number of anilines is 1. The zero-order valence-corrected chi connectivity index (χ0v) is 20.4. The zero-order chi connectivity index (χ0) is 24.0. The van der Waals surface area contributed by atoms with Crippen molar-refractivity contribution in [3.05, 3.63) is 64.9 Å². The van der Waals surface area contributed by atoms with Crippen LogP contribution in [0.15, 0.2) is 60.0 Å². The minimum Gasteiger partial charge on any atom is -0.376 e. The van der Waals surface area contributed by atoms with E-state index in [9.17, 15) is 9.59 Å². The van der Waals surface area contributed by atoms with Gasteiger partial charge in [0.05, 0.1) is 16.7 Å². The molecule has 182 valence electrons. The van der Waals surface area contributed by atoms with Crippen molar-refractivity contribution >= 4 is 29.0 Å². The van der Waals surface area contributed by atoms with Gasteiger partial charge in [-0.25, -0.2) is 0 Å². The molecule has 0 aliphatic carbocycles. The molecular formula is C26H29N5O3S. The molecule has 2 aliphatic heterocycles. The summed E-state index contributed by atoms with van der Waals surface area (Å²) in [7, 11) is 0. The van der Waals surface area contributed by atoms with Crippen LogP contribution in [0.25, 0.3) is 11.3 Å². The van der Waals surface area contributed by atoms with Gasteiger partial charge in [-0.1, -0.05) is 36.4 Å². The number of carbonyl (C=O) groups excluding carboxylic acids is 2. The van der Waals surface area contributed by atoms with Crippen LogP contribution >= 0.6 is 11.3 Å². The quantitative estimate of drug-likeness (QED) is 0.505. The van der Waals surface area contributed by atoms with Crippen LogP contribution in [0.1, 0.15) is 22.5 Å². The van der Waals surface area contributed by atoms with Gasteiger partial charge < -0.3 is 19.4 Å². The van der Waals surface area contributed by atoms with E-state index in [-0.39, 0.29) is 24.5 Å². The van der Waals surface area contributed by atoms with Gasteiger partial charge in [-0.15, -0.1) is 21.5 Å². The maximum Gasteiger partial charge on any atom is 0.264 e. The van der Waals surface area contributed by atoms with Crippen molar-refractivity contribution in [2.45, 2.75) is 18.9 Å². The first-order chi connectivity index (χ1) is 17.2. The molecule has 0 spiro atoms. The van der Waals surface area contributed by atoms with Gasteiger partial charge in [0.25, 0.3) is 5.91 Å². The molecule has 0 N–H and O–H groups in total. The molecule has 0 saturated carbocycles. The third kappa shape index (κ3) is 5.68. The monoisotopic (exact) mass is 491 g/mol. The van der Waals surface area contributed by atoms with Crippen LogP contribution in [0.5, 0.6) is 0 Å². The molecule has 9 heteroatoms. The normalized spacial score (nSPS) is 18.0. The summed E-state index contributed by atoms with van der Waals surface area (Å²) in [6, 6.07) is 17.6. The molecule has 0 bridgehead atoms. The van der Waals surface area contributed by atoms with E-state index in [0.717, 1.165) is 36.5 Å². The van der Waals surface area contributed by atoms with Crippen molar-refractivity contribution < 1.29 is 14.3 Å². The highest BCUT2D eigenvalue weighted by Crippen LogP contribution is 2.20. The number of aromatic nitrogens is 2. The molecule has 5 rings (SSSR count). The number of hydrogen-bond acceptors (Lipinski definition) is 7. The number of carbonyl (C=O) groups is 2. The lowest BCUT2D eigenvalue weighted by atomic mass is 10.1. The van der Waals surface area contributed by atoms with Crippen molar-refractivity contribution in [1.82, 2.24) is 20.0 Å². The van der Waals surface area contributed by atoms with Gasteiger partial charge in [-0.3, -0.25) is 9.59 Å².